The summed E-state index contributed by atoms with van der Waals surface area (Å²) in [5.41, 5.74) is 4.81. The Balaban J connectivity index is 1.42. The van der Waals surface area contributed by atoms with Gasteiger partial charge in [-0.15, -0.1) is 0 Å². The Hall–Kier alpha value is -2.33. The van der Waals surface area contributed by atoms with Crippen molar-refractivity contribution in [2.45, 2.75) is 38.8 Å². The number of ether oxygens (including phenoxy) is 1. The maximum absolute atomic E-state index is 12.0. The van der Waals surface area contributed by atoms with Gasteiger partial charge in [-0.25, -0.2) is 0 Å². The summed E-state index contributed by atoms with van der Waals surface area (Å²) in [5, 5.41) is 3.59. The van der Waals surface area contributed by atoms with Crippen molar-refractivity contribution < 1.29 is 9.53 Å². The highest BCUT2D eigenvalue weighted by Gasteiger charge is 2.22. The van der Waals surface area contributed by atoms with E-state index in [-0.39, 0.29) is 11.9 Å². The van der Waals surface area contributed by atoms with Gasteiger partial charge in [-0.1, -0.05) is 24.3 Å². The number of anilines is 1. The van der Waals surface area contributed by atoms with Crippen molar-refractivity contribution in [1.29, 1.82) is 0 Å². The maximum Gasteiger partial charge on any atom is 0.227 e. The molecule has 1 N–H and O–H groups in total. The zero-order valence-corrected chi connectivity index (χ0v) is 14.6. The molecule has 0 radical (unpaired) electrons. The van der Waals surface area contributed by atoms with Crippen LogP contribution in [0.15, 0.2) is 42.5 Å². The van der Waals surface area contributed by atoms with Crippen LogP contribution in [-0.4, -0.2) is 19.1 Å². The zero-order valence-electron chi connectivity index (χ0n) is 14.6. The molecule has 4 heteroatoms. The van der Waals surface area contributed by atoms with E-state index in [1.165, 1.54) is 16.7 Å². The first kappa shape index (κ1) is 16.2. The normalized spacial score (nSPS) is 17.5. The minimum Gasteiger partial charge on any atom is -0.493 e. The monoisotopic (exact) mass is 336 g/mol. The third kappa shape index (κ3) is 3.40. The minimum atomic E-state index is 0.224. The Kier molecular flexibility index (Phi) is 4.45. The number of rotatable bonds is 5. The largest absolute Gasteiger partial charge is 0.493 e. The van der Waals surface area contributed by atoms with Crippen LogP contribution in [-0.2, 0) is 17.8 Å². The van der Waals surface area contributed by atoms with Crippen molar-refractivity contribution in [2.24, 2.45) is 0 Å². The fourth-order valence-corrected chi connectivity index (χ4v) is 3.62. The van der Waals surface area contributed by atoms with E-state index in [4.69, 9.17) is 4.74 Å². The van der Waals surface area contributed by atoms with E-state index in [9.17, 15) is 4.79 Å². The van der Waals surface area contributed by atoms with Crippen LogP contribution in [0.5, 0.6) is 5.75 Å². The van der Waals surface area contributed by atoms with Gasteiger partial charge in [0, 0.05) is 37.7 Å². The van der Waals surface area contributed by atoms with Crippen LogP contribution < -0.4 is 15.0 Å². The molecule has 4 nitrogen and oxygen atoms in total. The molecule has 130 valence electrons. The molecule has 1 amide bonds. The van der Waals surface area contributed by atoms with Crippen molar-refractivity contribution in [3.8, 4) is 5.75 Å². The van der Waals surface area contributed by atoms with Crippen LogP contribution in [0.25, 0.3) is 0 Å². The van der Waals surface area contributed by atoms with Crippen molar-refractivity contribution in [3.63, 3.8) is 0 Å². The fourth-order valence-electron chi connectivity index (χ4n) is 3.62. The first-order chi connectivity index (χ1) is 12.2. The molecule has 1 unspecified atom stereocenters. The number of hydrogen-bond donors (Lipinski definition) is 1. The van der Waals surface area contributed by atoms with E-state index in [0.29, 0.717) is 6.42 Å². The van der Waals surface area contributed by atoms with Crippen LogP contribution in [0, 0.1) is 0 Å². The maximum atomic E-state index is 12.0. The van der Waals surface area contributed by atoms with Gasteiger partial charge in [0.1, 0.15) is 5.75 Å². The summed E-state index contributed by atoms with van der Waals surface area (Å²) in [6, 6.07) is 15.0. The van der Waals surface area contributed by atoms with Crippen LogP contribution in [0.4, 0.5) is 5.69 Å². The average molecular weight is 336 g/mol. The number of benzene rings is 2. The number of carbonyl (C=O) groups excluding carboxylic acids is 1. The molecule has 2 aromatic carbocycles. The van der Waals surface area contributed by atoms with E-state index in [2.05, 4.69) is 42.6 Å². The molecule has 2 aliphatic heterocycles. The topological polar surface area (TPSA) is 41.6 Å². The molecule has 0 aliphatic carbocycles. The Morgan fingerprint density at radius 1 is 1.20 bits per heavy atom. The van der Waals surface area contributed by atoms with Gasteiger partial charge in [-0.3, -0.25) is 4.79 Å². The summed E-state index contributed by atoms with van der Waals surface area (Å²) in [4.78, 5) is 13.9. The Bertz CT molecular complexity index is 787. The standard InChI is InChI=1S/C21H24N2O2/c1-15(22-14-16-7-8-20-18(12-16)9-11-25-20)17-4-2-5-19(13-17)23-10-3-6-21(23)24/h2,4-5,7-8,12-13,15,22H,3,6,9-11,14H2,1H3. The molecule has 0 aromatic heterocycles. The van der Waals surface area contributed by atoms with Gasteiger partial charge in [0.05, 0.1) is 6.61 Å². The Morgan fingerprint density at radius 2 is 2.12 bits per heavy atom. The van der Waals surface area contributed by atoms with E-state index >= 15 is 0 Å². The van der Waals surface area contributed by atoms with E-state index < -0.39 is 0 Å². The Morgan fingerprint density at radius 3 is 2.96 bits per heavy atom. The van der Waals surface area contributed by atoms with Gasteiger partial charge >= 0.3 is 0 Å². The van der Waals surface area contributed by atoms with Crippen molar-refractivity contribution in [1.82, 2.24) is 5.32 Å². The van der Waals surface area contributed by atoms with Crippen LogP contribution in [0.2, 0.25) is 0 Å². The summed E-state index contributed by atoms with van der Waals surface area (Å²) in [6.45, 7) is 4.62. The molecule has 0 saturated carbocycles. The van der Waals surface area contributed by atoms with Crippen molar-refractivity contribution in [3.05, 3.63) is 59.2 Å². The van der Waals surface area contributed by atoms with E-state index in [0.717, 1.165) is 44.0 Å². The molecule has 25 heavy (non-hydrogen) atoms. The molecular weight excluding hydrogens is 312 g/mol. The molecule has 0 spiro atoms. The molecular formula is C21H24N2O2. The number of amides is 1. The predicted octanol–water partition coefficient (Wildman–Crippen LogP) is 3.60. The lowest BCUT2D eigenvalue weighted by atomic mass is 10.1. The quantitative estimate of drug-likeness (QED) is 0.907. The summed E-state index contributed by atoms with van der Waals surface area (Å²) < 4.78 is 5.57. The second-order valence-electron chi connectivity index (χ2n) is 6.89. The lowest BCUT2D eigenvalue weighted by molar-refractivity contribution is -0.117. The minimum absolute atomic E-state index is 0.224. The Labute approximate surface area is 148 Å². The van der Waals surface area contributed by atoms with Crippen molar-refractivity contribution in [2.75, 3.05) is 18.1 Å². The molecule has 2 aromatic rings. The highest BCUT2D eigenvalue weighted by atomic mass is 16.5. The number of hydrogen-bond acceptors (Lipinski definition) is 3. The molecule has 1 saturated heterocycles. The lowest BCUT2D eigenvalue weighted by Crippen LogP contribution is -2.24. The van der Waals surface area contributed by atoms with Crippen LogP contribution >= 0.6 is 0 Å². The van der Waals surface area contributed by atoms with Gasteiger partial charge in [-0.2, -0.15) is 0 Å². The molecule has 4 rings (SSSR count). The number of carbonyl (C=O) groups is 1. The summed E-state index contributed by atoms with van der Waals surface area (Å²) >= 11 is 0. The van der Waals surface area contributed by atoms with E-state index in [1.54, 1.807) is 0 Å². The highest BCUT2D eigenvalue weighted by Crippen LogP contribution is 2.27. The first-order valence-corrected chi connectivity index (χ1v) is 9.09. The third-order valence-electron chi connectivity index (χ3n) is 5.12. The predicted molar refractivity (Wildman–Crippen MR) is 98.9 cm³/mol. The smallest absolute Gasteiger partial charge is 0.227 e. The van der Waals surface area contributed by atoms with Crippen LogP contribution in [0.3, 0.4) is 0 Å². The molecule has 0 bridgehead atoms. The van der Waals surface area contributed by atoms with E-state index in [1.807, 2.05) is 17.0 Å². The number of fused-ring (bicyclic) bond motifs is 1. The molecule has 2 aliphatic rings. The molecule has 1 atom stereocenters. The summed E-state index contributed by atoms with van der Waals surface area (Å²) in [5.74, 6) is 1.26. The van der Waals surface area contributed by atoms with Crippen molar-refractivity contribution >= 4 is 11.6 Å². The fraction of sp³-hybridized carbons (Fsp3) is 0.381. The van der Waals surface area contributed by atoms with Crippen LogP contribution in [0.1, 0.15) is 42.5 Å². The number of nitrogens with one attached hydrogen (secondary N) is 1. The van der Waals surface area contributed by atoms with Gasteiger partial charge in [0.15, 0.2) is 0 Å². The number of nitrogens with zero attached hydrogens (tertiary/aromatic N) is 1. The van der Waals surface area contributed by atoms with Gasteiger partial charge < -0.3 is 15.0 Å². The first-order valence-electron chi connectivity index (χ1n) is 9.09. The third-order valence-corrected chi connectivity index (χ3v) is 5.12. The average Bonchev–Trinajstić information content (AvgIpc) is 3.27. The lowest BCUT2D eigenvalue weighted by Gasteiger charge is -2.19. The highest BCUT2D eigenvalue weighted by molar-refractivity contribution is 5.95. The van der Waals surface area contributed by atoms with Gasteiger partial charge in [0.25, 0.3) is 0 Å². The molecule has 2 heterocycles. The molecule has 1 fully saturated rings. The SMILES string of the molecule is CC(NCc1ccc2c(c1)CCO2)c1cccc(N2CCCC2=O)c1. The summed E-state index contributed by atoms with van der Waals surface area (Å²) in [6.07, 6.45) is 2.63. The van der Waals surface area contributed by atoms with Gasteiger partial charge in [0.2, 0.25) is 5.91 Å². The second kappa shape index (κ2) is 6.89. The summed E-state index contributed by atoms with van der Waals surface area (Å²) in [7, 11) is 0. The second-order valence-corrected chi connectivity index (χ2v) is 6.89. The van der Waals surface area contributed by atoms with Gasteiger partial charge in [-0.05, 0) is 48.2 Å². The zero-order chi connectivity index (χ0) is 17.2.